The number of hydrogen-bond donors (Lipinski definition) is 2. The van der Waals surface area contributed by atoms with E-state index < -0.39 is 0 Å². The minimum absolute atomic E-state index is 0.133. The van der Waals surface area contributed by atoms with Gasteiger partial charge < -0.3 is 9.94 Å². The highest BCUT2D eigenvalue weighted by molar-refractivity contribution is 5.69. The van der Waals surface area contributed by atoms with Crippen molar-refractivity contribution in [3.8, 4) is 5.75 Å². The van der Waals surface area contributed by atoms with Crippen LogP contribution in [0.4, 0.5) is 5.95 Å². The number of rotatable bonds is 4. The first-order valence-corrected chi connectivity index (χ1v) is 5.55. The van der Waals surface area contributed by atoms with Crippen molar-refractivity contribution in [2.75, 3.05) is 26.1 Å². The van der Waals surface area contributed by atoms with E-state index >= 15 is 0 Å². The summed E-state index contributed by atoms with van der Waals surface area (Å²) in [5, 5.41) is 16.8. The van der Waals surface area contributed by atoms with E-state index in [4.69, 9.17) is 9.68 Å². The molecule has 0 fully saturated rings. The third kappa shape index (κ3) is 1.94. The number of hydrogen-bond acceptors (Lipinski definition) is 5. The van der Waals surface area contributed by atoms with E-state index in [2.05, 4.69) is 10.4 Å². The van der Waals surface area contributed by atoms with Crippen molar-refractivity contribution in [1.29, 1.82) is 0 Å². The maximum atomic E-state index is 9.52. The molecular weight excluding hydrogens is 236 g/mol. The summed E-state index contributed by atoms with van der Waals surface area (Å²) in [4.78, 5) is 11.8. The van der Waals surface area contributed by atoms with Crippen LogP contribution in [-0.4, -0.2) is 31.0 Å². The summed E-state index contributed by atoms with van der Waals surface area (Å²) in [6, 6.07) is 4.86. The van der Waals surface area contributed by atoms with Gasteiger partial charge in [-0.1, -0.05) is 0 Å². The standard InChI is InChI=1S/C11H14N4O3/c1-4-12-11-13-15(18-3)10-7-8(16)5-6-9(10)14(11)17-2/h5-7H,4H2,1-3H3/p+2. The summed E-state index contributed by atoms with van der Waals surface area (Å²) in [6.45, 7) is 2.66. The predicted octanol–water partition coefficient (Wildman–Crippen LogP) is -0.936. The van der Waals surface area contributed by atoms with Crippen molar-refractivity contribution in [2.24, 2.45) is 0 Å². The minimum Gasteiger partial charge on any atom is -0.508 e. The van der Waals surface area contributed by atoms with Crippen LogP contribution in [0.25, 0.3) is 11.0 Å². The molecule has 0 saturated carbocycles. The van der Waals surface area contributed by atoms with Crippen LogP contribution in [0, 0.1) is 0 Å². The molecule has 2 N–H and O–H groups in total. The van der Waals surface area contributed by atoms with E-state index in [1.54, 1.807) is 25.3 Å². The lowest BCUT2D eigenvalue weighted by Gasteiger charge is -2.03. The molecule has 0 aliphatic heterocycles. The second kappa shape index (κ2) is 4.91. The van der Waals surface area contributed by atoms with E-state index in [-0.39, 0.29) is 5.75 Å². The first-order valence-electron chi connectivity index (χ1n) is 5.55. The first kappa shape index (κ1) is 12.2. The molecule has 0 aliphatic carbocycles. The average Bonchev–Trinajstić information content (AvgIpc) is 2.38. The quantitative estimate of drug-likeness (QED) is 0.688. The zero-order valence-corrected chi connectivity index (χ0v) is 10.5. The van der Waals surface area contributed by atoms with Gasteiger partial charge in [0.25, 0.3) is 5.10 Å². The third-order valence-electron chi connectivity index (χ3n) is 2.45. The minimum atomic E-state index is 0.133. The molecule has 1 aromatic carbocycles. The normalized spacial score (nSPS) is 10.4. The zero-order chi connectivity index (χ0) is 13.1. The fourth-order valence-electron chi connectivity index (χ4n) is 1.72. The summed E-state index contributed by atoms with van der Waals surface area (Å²) in [7, 11) is 3.05. The topological polar surface area (TPSA) is 71.4 Å². The molecule has 96 valence electrons. The van der Waals surface area contributed by atoms with Crippen LogP contribution >= 0.6 is 0 Å². The van der Waals surface area contributed by atoms with Gasteiger partial charge >= 0.3 is 11.5 Å². The molecule has 2 aromatic rings. The molecule has 0 amide bonds. The van der Waals surface area contributed by atoms with E-state index in [1.165, 1.54) is 16.7 Å². The summed E-state index contributed by atoms with van der Waals surface area (Å²) < 4.78 is 1.54. The Labute approximate surface area is 104 Å². The molecule has 0 bridgehead atoms. The van der Waals surface area contributed by atoms with E-state index in [9.17, 15) is 5.11 Å². The number of phenols is 1. The van der Waals surface area contributed by atoms with Crippen molar-refractivity contribution < 1.29 is 24.4 Å². The number of anilines is 1. The smallest absolute Gasteiger partial charge is 0.500 e. The van der Waals surface area contributed by atoms with Gasteiger partial charge in [0.1, 0.15) is 12.9 Å². The zero-order valence-electron chi connectivity index (χ0n) is 10.5. The molecule has 18 heavy (non-hydrogen) atoms. The number of aromatic nitrogens is 3. The number of benzene rings is 1. The Hall–Kier alpha value is -2.31. The molecule has 7 heteroatoms. The molecule has 0 saturated heterocycles. The summed E-state index contributed by atoms with van der Waals surface area (Å²) >= 11 is 0. The van der Waals surface area contributed by atoms with E-state index in [1.807, 2.05) is 6.92 Å². The third-order valence-corrected chi connectivity index (χ3v) is 2.45. The van der Waals surface area contributed by atoms with Crippen LogP contribution in [0.15, 0.2) is 18.2 Å². The van der Waals surface area contributed by atoms with Crippen molar-refractivity contribution >= 4 is 17.0 Å². The predicted molar refractivity (Wildman–Crippen MR) is 63.0 cm³/mol. The van der Waals surface area contributed by atoms with Gasteiger partial charge in [0.15, 0.2) is 7.11 Å². The highest BCUT2D eigenvalue weighted by Gasteiger charge is 2.29. The molecule has 0 radical (unpaired) electrons. The van der Waals surface area contributed by atoms with Crippen molar-refractivity contribution in [2.45, 2.75) is 6.92 Å². The SMILES string of the molecule is CCNc1n[n+](OC)c2cc(O)ccc2[n+]1OC. The second-order valence-corrected chi connectivity index (χ2v) is 3.56. The van der Waals surface area contributed by atoms with Crippen molar-refractivity contribution in [3.63, 3.8) is 0 Å². The van der Waals surface area contributed by atoms with Gasteiger partial charge in [-0.15, -0.1) is 0 Å². The lowest BCUT2D eigenvalue weighted by Crippen LogP contribution is -2.54. The number of phenolic OH excluding ortho intramolecular Hbond substituents is 1. The molecule has 1 aromatic heterocycles. The highest BCUT2D eigenvalue weighted by atomic mass is 16.7. The van der Waals surface area contributed by atoms with E-state index in [0.717, 1.165) is 5.52 Å². The Morgan fingerprint density at radius 3 is 2.67 bits per heavy atom. The lowest BCUT2D eigenvalue weighted by molar-refractivity contribution is -0.932. The van der Waals surface area contributed by atoms with Crippen LogP contribution in [0.1, 0.15) is 6.92 Å². The maximum absolute atomic E-state index is 9.52. The van der Waals surface area contributed by atoms with Crippen LogP contribution in [0.2, 0.25) is 0 Å². The van der Waals surface area contributed by atoms with Gasteiger partial charge in [-0.05, 0) is 23.8 Å². The van der Waals surface area contributed by atoms with Gasteiger partial charge in [0.05, 0.1) is 12.6 Å². The first-order chi connectivity index (χ1) is 8.71. The molecule has 2 rings (SSSR count). The number of nitrogens with zero attached hydrogens (tertiary/aromatic N) is 3. The van der Waals surface area contributed by atoms with Crippen LogP contribution in [0.3, 0.4) is 0 Å². The van der Waals surface area contributed by atoms with E-state index in [0.29, 0.717) is 18.0 Å². The average molecular weight is 252 g/mol. The molecule has 0 aliphatic rings. The molecule has 7 nitrogen and oxygen atoms in total. The maximum Gasteiger partial charge on any atom is 0.500 e. The van der Waals surface area contributed by atoms with Gasteiger partial charge in [-0.2, -0.15) is 0 Å². The van der Waals surface area contributed by atoms with Crippen LogP contribution < -0.4 is 24.6 Å². The Kier molecular flexibility index (Phi) is 3.31. The number of fused-ring (bicyclic) bond motifs is 1. The van der Waals surface area contributed by atoms with Crippen LogP contribution in [-0.2, 0) is 0 Å². The Morgan fingerprint density at radius 2 is 2.06 bits per heavy atom. The Bertz CT molecular complexity index is 574. The fraction of sp³-hybridized carbons (Fsp3) is 0.364. The van der Waals surface area contributed by atoms with Crippen LogP contribution in [0.5, 0.6) is 5.75 Å². The molecule has 1 heterocycles. The summed E-state index contributed by atoms with van der Waals surface area (Å²) in [6.07, 6.45) is 0. The monoisotopic (exact) mass is 252 g/mol. The Balaban J connectivity index is 2.77. The van der Waals surface area contributed by atoms with Gasteiger partial charge in [-0.25, -0.2) is 4.84 Å². The van der Waals surface area contributed by atoms with Gasteiger partial charge in [0.2, 0.25) is 10.4 Å². The lowest BCUT2D eigenvalue weighted by atomic mass is 10.3. The fourth-order valence-corrected chi connectivity index (χ4v) is 1.72. The second-order valence-electron chi connectivity index (χ2n) is 3.56. The number of nitrogens with one attached hydrogen (secondary N) is 1. The number of aromatic hydroxyl groups is 1. The molecule has 0 atom stereocenters. The largest absolute Gasteiger partial charge is 0.508 e. The van der Waals surface area contributed by atoms with Crippen molar-refractivity contribution in [1.82, 2.24) is 5.10 Å². The summed E-state index contributed by atoms with van der Waals surface area (Å²) in [5.41, 5.74) is 1.32. The molecule has 0 unspecified atom stereocenters. The molecular formula is C11H16N4O3+2. The highest BCUT2D eigenvalue weighted by Crippen LogP contribution is 2.14. The van der Waals surface area contributed by atoms with Gasteiger partial charge in [0, 0.05) is 0 Å². The summed E-state index contributed by atoms with van der Waals surface area (Å²) in [5.74, 6) is 0.647. The van der Waals surface area contributed by atoms with Crippen molar-refractivity contribution in [3.05, 3.63) is 18.2 Å². The van der Waals surface area contributed by atoms with Gasteiger partial charge in [-0.3, -0.25) is 5.32 Å². The Morgan fingerprint density at radius 1 is 1.28 bits per heavy atom. The molecule has 0 spiro atoms.